The zero-order valence-corrected chi connectivity index (χ0v) is 50.5. The molecule has 0 fully saturated rings. The Morgan fingerprint density at radius 3 is 1.01 bits per heavy atom. The molecule has 0 rings (SSSR count). The van der Waals surface area contributed by atoms with Crippen molar-refractivity contribution in [2.75, 3.05) is 13.2 Å². The normalized spacial score (nSPS) is 12.7. The van der Waals surface area contributed by atoms with E-state index in [2.05, 4.69) is 43.5 Å². The van der Waals surface area contributed by atoms with Gasteiger partial charge in [0.2, 0.25) is 5.91 Å². The van der Waals surface area contributed by atoms with Gasteiger partial charge in [-0.05, 0) is 64.2 Å². The summed E-state index contributed by atoms with van der Waals surface area (Å²) in [4.78, 5) is 24.5. The largest absolute Gasteiger partial charge is 0.466 e. The van der Waals surface area contributed by atoms with E-state index in [0.29, 0.717) is 19.4 Å². The fourth-order valence-corrected chi connectivity index (χ4v) is 10.5. The van der Waals surface area contributed by atoms with Crippen LogP contribution < -0.4 is 5.32 Å². The molecular formula is C69H131NO5. The molecule has 0 saturated carbocycles. The van der Waals surface area contributed by atoms with Gasteiger partial charge in [0.05, 0.1) is 25.4 Å². The number of carbonyl (C=O) groups excluding carboxylic acids is 2. The molecule has 442 valence electrons. The number of allylic oxidation sites excluding steroid dienone is 5. The Kier molecular flexibility index (Phi) is 63.0. The maximum Gasteiger partial charge on any atom is 0.305 e. The molecule has 0 heterocycles. The molecule has 2 unspecified atom stereocenters. The summed E-state index contributed by atoms with van der Waals surface area (Å²) in [6.45, 7) is 4.92. The Labute approximate surface area is 468 Å². The maximum absolute atomic E-state index is 12.5. The topological polar surface area (TPSA) is 95.9 Å². The fraction of sp³-hybridized carbons (Fsp3) is 0.884. The first kappa shape index (κ1) is 73.1. The second-order valence-corrected chi connectivity index (χ2v) is 23.2. The molecule has 0 aliphatic rings. The average Bonchev–Trinajstić information content (AvgIpc) is 3.41. The van der Waals surface area contributed by atoms with Crippen LogP contribution in [0.5, 0.6) is 0 Å². The van der Waals surface area contributed by atoms with Crippen LogP contribution in [0.4, 0.5) is 0 Å². The van der Waals surface area contributed by atoms with Gasteiger partial charge in [0.1, 0.15) is 0 Å². The molecule has 0 aromatic heterocycles. The van der Waals surface area contributed by atoms with Crippen LogP contribution in [0.1, 0.15) is 367 Å². The summed E-state index contributed by atoms with van der Waals surface area (Å²) in [5.41, 5.74) is 0. The Morgan fingerprint density at radius 1 is 0.373 bits per heavy atom. The van der Waals surface area contributed by atoms with Gasteiger partial charge < -0.3 is 20.3 Å². The monoisotopic (exact) mass is 1050 g/mol. The van der Waals surface area contributed by atoms with E-state index in [4.69, 9.17) is 4.74 Å². The van der Waals surface area contributed by atoms with E-state index in [-0.39, 0.29) is 18.5 Å². The number of nitrogens with one attached hydrogen (secondary N) is 1. The highest BCUT2D eigenvalue weighted by Crippen LogP contribution is 2.18. The van der Waals surface area contributed by atoms with Crippen molar-refractivity contribution in [3.05, 3.63) is 36.5 Å². The number of carbonyl (C=O) groups is 2. The lowest BCUT2D eigenvalue weighted by molar-refractivity contribution is -0.143. The summed E-state index contributed by atoms with van der Waals surface area (Å²) in [6, 6.07) is -0.626. The van der Waals surface area contributed by atoms with E-state index < -0.39 is 12.1 Å². The van der Waals surface area contributed by atoms with Gasteiger partial charge in [-0.3, -0.25) is 9.59 Å². The number of rotatable bonds is 63. The van der Waals surface area contributed by atoms with Crippen molar-refractivity contribution in [1.82, 2.24) is 5.32 Å². The Hall–Kier alpha value is -1.92. The van der Waals surface area contributed by atoms with Crippen LogP contribution in [0.2, 0.25) is 0 Å². The third kappa shape index (κ3) is 61.2. The quantitative estimate of drug-likeness (QED) is 0.0320. The molecule has 2 atom stereocenters. The smallest absolute Gasteiger partial charge is 0.305 e. The predicted octanol–water partition coefficient (Wildman–Crippen LogP) is 21.5. The van der Waals surface area contributed by atoms with Gasteiger partial charge in [0.25, 0.3) is 0 Å². The molecule has 6 nitrogen and oxygen atoms in total. The third-order valence-corrected chi connectivity index (χ3v) is 15.7. The van der Waals surface area contributed by atoms with Crippen LogP contribution in [-0.4, -0.2) is 47.4 Å². The van der Waals surface area contributed by atoms with Gasteiger partial charge in [-0.1, -0.05) is 326 Å². The molecule has 6 heteroatoms. The molecule has 3 N–H and O–H groups in total. The van der Waals surface area contributed by atoms with E-state index >= 15 is 0 Å². The number of esters is 1. The van der Waals surface area contributed by atoms with Gasteiger partial charge in [-0.2, -0.15) is 0 Å². The van der Waals surface area contributed by atoms with E-state index in [1.165, 1.54) is 295 Å². The minimum Gasteiger partial charge on any atom is -0.466 e. The molecule has 0 aromatic carbocycles. The highest BCUT2D eigenvalue weighted by molar-refractivity contribution is 5.76. The van der Waals surface area contributed by atoms with Gasteiger partial charge in [0, 0.05) is 12.8 Å². The summed E-state index contributed by atoms with van der Waals surface area (Å²) in [5.74, 6) is -0.0504. The number of aliphatic hydroxyl groups is 2. The minimum absolute atomic E-state index is 0.0147. The second-order valence-electron chi connectivity index (χ2n) is 23.2. The SMILES string of the molecule is CCCCCCCCCCCCC/C=C/C(O)C(CO)NC(=O)CCCCCCCCCCCCCCCCCCC/C=C\C/C=C\CCCCCCCCCCCOC(=O)CCCCCCCCCCCCCC. The van der Waals surface area contributed by atoms with Crippen LogP contribution in [0, 0.1) is 0 Å². The minimum atomic E-state index is -0.842. The molecular weight excluding hydrogens is 923 g/mol. The standard InChI is InChI=1S/C69H131NO5/c1-3-5-7-9-11-13-15-38-41-45-49-53-57-61-67(72)66(65-71)70-68(73)62-58-54-50-46-42-39-36-34-32-30-28-26-24-22-20-18-17-19-21-23-25-27-29-31-33-35-37-40-44-48-52-56-60-64-75-69(74)63-59-55-51-47-43-16-14-12-10-8-6-4-2/h21,23,27,29,57,61,66-67,71-72H,3-20,22,24-26,28,30-56,58-60,62-65H2,1-2H3,(H,70,73)/b23-21-,29-27-,61-57+. The second kappa shape index (κ2) is 64.6. The summed E-state index contributed by atoms with van der Waals surface area (Å²) in [6.07, 6.45) is 82.2. The van der Waals surface area contributed by atoms with Crippen LogP contribution in [0.15, 0.2) is 36.5 Å². The number of aliphatic hydroxyl groups excluding tert-OH is 2. The first-order valence-electron chi connectivity index (χ1n) is 33.8. The van der Waals surface area contributed by atoms with Gasteiger partial charge >= 0.3 is 5.97 Å². The van der Waals surface area contributed by atoms with E-state index in [0.717, 1.165) is 44.9 Å². The molecule has 0 spiro atoms. The van der Waals surface area contributed by atoms with Gasteiger partial charge in [-0.15, -0.1) is 0 Å². The molecule has 0 aliphatic carbocycles. The Morgan fingerprint density at radius 2 is 0.667 bits per heavy atom. The van der Waals surface area contributed by atoms with Crippen molar-refractivity contribution in [1.29, 1.82) is 0 Å². The van der Waals surface area contributed by atoms with Crippen molar-refractivity contribution in [2.24, 2.45) is 0 Å². The fourth-order valence-electron chi connectivity index (χ4n) is 10.5. The summed E-state index contributed by atoms with van der Waals surface area (Å²) < 4.78 is 5.48. The molecule has 1 amide bonds. The van der Waals surface area contributed by atoms with Crippen LogP contribution in [0.25, 0.3) is 0 Å². The molecule has 0 saturated heterocycles. The van der Waals surface area contributed by atoms with Crippen LogP contribution >= 0.6 is 0 Å². The van der Waals surface area contributed by atoms with Crippen LogP contribution in [0.3, 0.4) is 0 Å². The Balaban J connectivity index is 3.38. The number of hydrogen-bond acceptors (Lipinski definition) is 5. The van der Waals surface area contributed by atoms with Crippen LogP contribution in [-0.2, 0) is 14.3 Å². The lowest BCUT2D eigenvalue weighted by Crippen LogP contribution is -2.45. The zero-order chi connectivity index (χ0) is 54.3. The van der Waals surface area contributed by atoms with E-state index in [9.17, 15) is 19.8 Å². The van der Waals surface area contributed by atoms with Crippen molar-refractivity contribution in [2.45, 2.75) is 379 Å². The molecule has 0 aromatic rings. The van der Waals surface area contributed by atoms with Crippen molar-refractivity contribution in [3.8, 4) is 0 Å². The van der Waals surface area contributed by atoms with Crippen molar-refractivity contribution < 1.29 is 24.5 Å². The highest BCUT2D eigenvalue weighted by Gasteiger charge is 2.18. The predicted molar refractivity (Wildman–Crippen MR) is 329 cm³/mol. The number of unbranched alkanes of at least 4 members (excludes halogenated alkanes) is 48. The first-order chi connectivity index (χ1) is 37.0. The molecule has 0 aliphatic heterocycles. The summed E-state index contributed by atoms with van der Waals surface area (Å²) in [5, 5.41) is 23.1. The Bertz CT molecular complexity index is 1210. The van der Waals surface area contributed by atoms with Gasteiger partial charge in [0.15, 0.2) is 0 Å². The summed E-state index contributed by atoms with van der Waals surface area (Å²) in [7, 11) is 0. The van der Waals surface area contributed by atoms with Gasteiger partial charge in [-0.25, -0.2) is 0 Å². The van der Waals surface area contributed by atoms with E-state index in [1.807, 2.05) is 6.08 Å². The van der Waals surface area contributed by atoms with E-state index in [1.54, 1.807) is 6.08 Å². The van der Waals surface area contributed by atoms with Crippen molar-refractivity contribution in [3.63, 3.8) is 0 Å². The number of amides is 1. The highest BCUT2D eigenvalue weighted by atomic mass is 16.5. The summed E-state index contributed by atoms with van der Waals surface area (Å²) >= 11 is 0. The third-order valence-electron chi connectivity index (χ3n) is 15.7. The van der Waals surface area contributed by atoms with Crippen molar-refractivity contribution >= 4 is 11.9 Å². The molecule has 0 bridgehead atoms. The zero-order valence-electron chi connectivity index (χ0n) is 50.5. The number of ether oxygens (including phenoxy) is 1. The average molecular weight is 1050 g/mol. The maximum atomic E-state index is 12.5. The lowest BCUT2D eigenvalue weighted by atomic mass is 10.0. The number of hydrogen-bond donors (Lipinski definition) is 3. The lowest BCUT2D eigenvalue weighted by Gasteiger charge is -2.20. The first-order valence-corrected chi connectivity index (χ1v) is 33.8. The molecule has 75 heavy (non-hydrogen) atoms. The molecule has 0 radical (unpaired) electrons.